The van der Waals surface area contributed by atoms with Crippen molar-refractivity contribution in [2.24, 2.45) is 0 Å². The fourth-order valence-electron chi connectivity index (χ4n) is 3.74. The highest BCUT2D eigenvalue weighted by molar-refractivity contribution is 7.17. The maximum atomic E-state index is 12.8. The molecule has 0 unspecified atom stereocenters. The number of benzene rings is 1. The summed E-state index contributed by atoms with van der Waals surface area (Å²) in [5, 5.41) is 3.32. The van der Waals surface area contributed by atoms with Crippen molar-refractivity contribution in [1.82, 2.24) is 0 Å². The van der Waals surface area contributed by atoms with E-state index in [1.807, 2.05) is 12.1 Å². The van der Waals surface area contributed by atoms with Gasteiger partial charge in [0, 0.05) is 11.3 Å². The summed E-state index contributed by atoms with van der Waals surface area (Å²) in [4.78, 5) is 38.7. The quantitative estimate of drug-likeness (QED) is 0.796. The van der Waals surface area contributed by atoms with E-state index in [-0.39, 0.29) is 6.61 Å². The topological polar surface area (TPSA) is 81.7 Å². The van der Waals surface area contributed by atoms with Crippen molar-refractivity contribution in [3.8, 4) is 0 Å². The molecule has 28 heavy (non-hydrogen) atoms. The standard InChI is InChI=1S/C21H21NO5S/c1-2-26-21(25)17-14-9-5-6-10-16(14)28-19(17)22-18(23)15-11-12-7-3-4-8-13(12)20(24)27-15/h3-4,7-8,15H,2,5-6,9-11H2,1H3,(H,22,23)/t15-/m0/s1. The number of nitrogens with one attached hydrogen (secondary N) is 1. The van der Waals surface area contributed by atoms with Crippen LogP contribution in [0.2, 0.25) is 0 Å². The minimum Gasteiger partial charge on any atom is -0.462 e. The summed E-state index contributed by atoms with van der Waals surface area (Å²) < 4.78 is 10.5. The van der Waals surface area contributed by atoms with Gasteiger partial charge in [-0.2, -0.15) is 0 Å². The SMILES string of the molecule is CCOC(=O)c1c(NC(=O)[C@@H]2Cc3ccccc3C(=O)O2)sc2c1CCCC2. The first-order valence-electron chi connectivity index (χ1n) is 9.50. The lowest BCUT2D eigenvalue weighted by molar-refractivity contribution is -0.125. The van der Waals surface area contributed by atoms with Crippen LogP contribution in [0.4, 0.5) is 5.00 Å². The van der Waals surface area contributed by atoms with Crippen molar-refractivity contribution < 1.29 is 23.9 Å². The van der Waals surface area contributed by atoms with Gasteiger partial charge in [0.25, 0.3) is 5.91 Å². The van der Waals surface area contributed by atoms with Crippen molar-refractivity contribution >= 4 is 34.2 Å². The maximum Gasteiger partial charge on any atom is 0.341 e. The van der Waals surface area contributed by atoms with Gasteiger partial charge in [-0.3, -0.25) is 4.79 Å². The number of carbonyl (C=O) groups is 3. The summed E-state index contributed by atoms with van der Waals surface area (Å²) in [6.07, 6.45) is 3.18. The van der Waals surface area contributed by atoms with Gasteiger partial charge >= 0.3 is 11.9 Å². The largest absolute Gasteiger partial charge is 0.462 e. The molecule has 2 aromatic rings. The van der Waals surface area contributed by atoms with Gasteiger partial charge in [-0.25, -0.2) is 9.59 Å². The molecular weight excluding hydrogens is 378 g/mol. The van der Waals surface area contributed by atoms with Crippen molar-refractivity contribution in [3.05, 3.63) is 51.4 Å². The molecular formula is C21H21NO5S. The van der Waals surface area contributed by atoms with Gasteiger partial charge in [-0.15, -0.1) is 11.3 Å². The zero-order chi connectivity index (χ0) is 19.7. The molecule has 2 aliphatic rings. The van der Waals surface area contributed by atoms with Crippen LogP contribution in [0, 0.1) is 0 Å². The van der Waals surface area contributed by atoms with Gasteiger partial charge in [0.05, 0.1) is 17.7 Å². The molecule has 7 heteroatoms. The van der Waals surface area contributed by atoms with E-state index < -0.39 is 23.9 Å². The number of rotatable bonds is 4. The number of aryl methyl sites for hydroxylation is 1. The molecule has 1 atom stereocenters. The molecule has 1 aliphatic heterocycles. The molecule has 146 valence electrons. The monoisotopic (exact) mass is 399 g/mol. The van der Waals surface area contributed by atoms with E-state index in [0.717, 1.165) is 41.7 Å². The Bertz CT molecular complexity index is 948. The van der Waals surface area contributed by atoms with Crippen LogP contribution in [0.1, 0.15) is 56.5 Å². The average Bonchev–Trinajstić information content (AvgIpc) is 3.06. The molecule has 1 amide bonds. The van der Waals surface area contributed by atoms with Crippen molar-refractivity contribution in [2.75, 3.05) is 11.9 Å². The lowest BCUT2D eigenvalue weighted by Gasteiger charge is -2.23. The molecule has 0 saturated heterocycles. The lowest BCUT2D eigenvalue weighted by Crippen LogP contribution is -2.38. The minimum atomic E-state index is -0.920. The van der Waals surface area contributed by atoms with Crippen LogP contribution < -0.4 is 5.32 Å². The highest BCUT2D eigenvalue weighted by Crippen LogP contribution is 2.39. The van der Waals surface area contributed by atoms with Gasteiger partial charge in [0.15, 0.2) is 6.10 Å². The molecule has 1 aromatic carbocycles. The molecule has 0 saturated carbocycles. The summed E-state index contributed by atoms with van der Waals surface area (Å²) >= 11 is 1.42. The molecule has 0 radical (unpaired) electrons. The van der Waals surface area contributed by atoms with Gasteiger partial charge < -0.3 is 14.8 Å². The number of hydrogen-bond acceptors (Lipinski definition) is 6. The number of ether oxygens (including phenoxy) is 2. The highest BCUT2D eigenvalue weighted by Gasteiger charge is 2.33. The summed E-state index contributed by atoms with van der Waals surface area (Å²) in [5.41, 5.74) is 2.72. The predicted molar refractivity (Wildman–Crippen MR) is 105 cm³/mol. The van der Waals surface area contributed by atoms with Crippen molar-refractivity contribution in [3.63, 3.8) is 0 Å². The number of cyclic esters (lactones) is 1. The van der Waals surface area contributed by atoms with E-state index in [1.54, 1.807) is 19.1 Å². The Kier molecular flexibility index (Phi) is 5.17. The summed E-state index contributed by atoms with van der Waals surface area (Å²) in [5.74, 6) is -1.34. The molecule has 1 aliphatic carbocycles. The Hall–Kier alpha value is -2.67. The van der Waals surface area contributed by atoms with Gasteiger partial charge in [-0.05, 0) is 49.8 Å². The lowest BCUT2D eigenvalue weighted by atomic mass is 9.95. The second-order valence-electron chi connectivity index (χ2n) is 6.88. The van der Waals surface area contributed by atoms with Gasteiger partial charge in [0.1, 0.15) is 5.00 Å². The smallest absolute Gasteiger partial charge is 0.341 e. The van der Waals surface area contributed by atoms with Crippen LogP contribution in [0.3, 0.4) is 0 Å². The normalized spacial score (nSPS) is 17.9. The number of thiophene rings is 1. The zero-order valence-electron chi connectivity index (χ0n) is 15.6. The predicted octanol–water partition coefficient (Wildman–Crippen LogP) is 3.52. The number of anilines is 1. The molecule has 0 spiro atoms. The third kappa shape index (κ3) is 3.42. The Morgan fingerprint density at radius 2 is 2.04 bits per heavy atom. The zero-order valence-corrected chi connectivity index (χ0v) is 16.4. The van der Waals surface area contributed by atoms with Crippen molar-refractivity contribution in [1.29, 1.82) is 0 Å². The molecule has 2 heterocycles. The van der Waals surface area contributed by atoms with E-state index >= 15 is 0 Å². The molecule has 0 fully saturated rings. The van der Waals surface area contributed by atoms with Gasteiger partial charge in [0.2, 0.25) is 0 Å². The van der Waals surface area contributed by atoms with E-state index in [1.165, 1.54) is 11.3 Å². The number of amides is 1. The Morgan fingerprint density at radius 3 is 2.86 bits per heavy atom. The first-order chi connectivity index (χ1) is 13.6. The van der Waals surface area contributed by atoms with E-state index in [4.69, 9.17) is 9.47 Å². The van der Waals surface area contributed by atoms with E-state index in [9.17, 15) is 14.4 Å². The number of hydrogen-bond donors (Lipinski definition) is 1. The Morgan fingerprint density at radius 1 is 1.25 bits per heavy atom. The van der Waals surface area contributed by atoms with E-state index in [2.05, 4.69) is 5.32 Å². The number of carbonyl (C=O) groups excluding carboxylic acids is 3. The summed E-state index contributed by atoms with van der Waals surface area (Å²) in [6.45, 7) is 2.03. The minimum absolute atomic E-state index is 0.272. The number of fused-ring (bicyclic) bond motifs is 2. The van der Waals surface area contributed by atoms with Crippen molar-refractivity contribution in [2.45, 2.75) is 45.1 Å². The molecule has 4 rings (SSSR count). The second kappa shape index (κ2) is 7.75. The van der Waals surface area contributed by atoms with Crippen LogP contribution >= 0.6 is 11.3 Å². The fraction of sp³-hybridized carbons (Fsp3) is 0.381. The third-order valence-electron chi connectivity index (χ3n) is 5.07. The average molecular weight is 399 g/mol. The maximum absolute atomic E-state index is 12.8. The molecule has 1 aromatic heterocycles. The van der Waals surface area contributed by atoms with Crippen LogP contribution in [0.25, 0.3) is 0 Å². The summed E-state index contributed by atoms with van der Waals surface area (Å²) in [6, 6.07) is 7.11. The molecule has 6 nitrogen and oxygen atoms in total. The molecule has 0 bridgehead atoms. The van der Waals surface area contributed by atoms with Crippen LogP contribution in [0.15, 0.2) is 24.3 Å². The Labute approximate surface area is 166 Å². The van der Waals surface area contributed by atoms with Crippen LogP contribution in [0.5, 0.6) is 0 Å². The summed E-state index contributed by atoms with van der Waals surface area (Å²) in [7, 11) is 0. The highest BCUT2D eigenvalue weighted by atomic mass is 32.1. The first kappa shape index (κ1) is 18.7. The number of esters is 2. The fourth-order valence-corrected chi connectivity index (χ4v) is 5.02. The Balaban J connectivity index is 1.59. The van der Waals surface area contributed by atoms with Crippen LogP contribution in [-0.4, -0.2) is 30.6 Å². The first-order valence-corrected chi connectivity index (χ1v) is 10.3. The molecule has 1 N–H and O–H groups in total. The van der Waals surface area contributed by atoms with Crippen LogP contribution in [-0.2, 0) is 33.5 Å². The van der Waals surface area contributed by atoms with E-state index in [0.29, 0.717) is 22.5 Å². The van der Waals surface area contributed by atoms with Gasteiger partial charge in [-0.1, -0.05) is 18.2 Å². The second-order valence-corrected chi connectivity index (χ2v) is 7.99. The third-order valence-corrected chi connectivity index (χ3v) is 6.28.